The highest BCUT2D eigenvalue weighted by atomic mass is 32.2. The average Bonchev–Trinajstić information content (AvgIpc) is 2.39. The SMILES string of the molecule is CC(C)CS(=O)(=O)CC(=O)N1CCCC(C)CC1. The molecule has 1 heterocycles. The third kappa shape index (κ3) is 5.38. The largest absolute Gasteiger partial charge is 0.342 e. The minimum absolute atomic E-state index is 0.0759. The first-order valence-electron chi connectivity index (χ1n) is 6.78. The van der Waals surface area contributed by atoms with Crippen LogP contribution in [0, 0.1) is 11.8 Å². The van der Waals surface area contributed by atoms with Gasteiger partial charge in [-0.25, -0.2) is 8.42 Å². The summed E-state index contributed by atoms with van der Waals surface area (Å²) in [5.74, 6) is 0.273. The van der Waals surface area contributed by atoms with Crippen molar-refractivity contribution in [3.8, 4) is 0 Å². The molecule has 1 aliphatic heterocycles. The van der Waals surface area contributed by atoms with Gasteiger partial charge in [-0.1, -0.05) is 20.8 Å². The van der Waals surface area contributed by atoms with Crippen molar-refractivity contribution >= 4 is 15.7 Å². The van der Waals surface area contributed by atoms with E-state index >= 15 is 0 Å². The molecule has 5 heteroatoms. The number of carbonyl (C=O) groups is 1. The Morgan fingerprint density at radius 2 is 1.94 bits per heavy atom. The molecular formula is C13H25NO3S. The molecule has 0 aliphatic carbocycles. The molecule has 0 aromatic carbocycles. The van der Waals surface area contributed by atoms with E-state index in [1.807, 2.05) is 13.8 Å². The molecule has 0 spiro atoms. The molecule has 1 saturated heterocycles. The first-order valence-corrected chi connectivity index (χ1v) is 8.60. The van der Waals surface area contributed by atoms with Crippen LogP contribution in [0.5, 0.6) is 0 Å². The van der Waals surface area contributed by atoms with Crippen molar-refractivity contribution in [3.63, 3.8) is 0 Å². The van der Waals surface area contributed by atoms with E-state index in [0.29, 0.717) is 19.0 Å². The number of amides is 1. The van der Waals surface area contributed by atoms with Crippen molar-refractivity contribution < 1.29 is 13.2 Å². The van der Waals surface area contributed by atoms with Gasteiger partial charge in [-0.05, 0) is 31.1 Å². The van der Waals surface area contributed by atoms with Crippen LogP contribution in [0.25, 0.3) is 0 Å². The molecule has 0 bridgehead atoms. The van der Waals surface area contributed by atoms with Gasteiger partial charge < -0.3 is 4.90 Å². The van der Waals surface area contributed by atoms with Crippen molar-refractivity contribution in [1.82, 2.24) is 4.90 Å². The predicted molar refractivity (Wildman–Crippen MR) is 73.1 cm³/mol. The molecule has 1 unspecified atom stereocenters. The topological polar surface area (TPSA) is 54.5 Å². The second kappa shape index (κ2) is 6.55. The van der Waals surface area contributed by atoms with Gasteiger partial charge >= 0.3 is 0 Å². The van der Waals surface area contributed by atoms with E-state index in [1.54, 1.807) is 4.90 Å². The zero-order valence-corrected chi connectivity index (χ0v) is 12.5. The fraction of sp³-hybridized carbons (Fsp3) is 0.923. The first kappa shape index (κ1) is 15.5. The quantitative estimate of drug-likeness (QED) is 0.785. The molecule has 1 rings (SSSR count). The summed E-state index contributed by atoms with van der Waals surface area (Å²) >= 11 is 0. The summed E-state index contributed by atoms with van der Waals surface area (Å²) in [6.07, 6.45) is 3.09. The lowest BCUT2D eigenvalue weighted by atomic mass is 10.0. The van der Waals surface area contributed by atoms with Crippen molar-refractivity contribution in [1.29, 1.82) is 0 Å². The number of nitrogens with zero attached hydrogens (tertiary/aromatic N) is 1. The second-order valence-corrected chi connectivity index (χ2v) is 7.97. The molecular weight excluding hydrogens is 250 g/mol. The summed E-state index contributed by atoms with van der Waals surface area (Å²) in [5.41, 5.74) is 0. The zero-order valence-electron chi connectivity index (χ0n) is 11.7. The van der Waals surface area contributed by atoms with E-state index in [0.717, 1.165) is 19.3 Å². The van der Waals surface area contributed by atoms with Crippen molar-refractivity contribution in [2.45, 2.75) is 40.0 Å². The Kier molecular flexibility index (Phi) is 5.63. The maximum atomic E-state index is 12.0. The van der Waals surface area contributed by atoms with Gasteiger partial charge in [0.2, 0.25) is 5.91 Å². The third-order valence-corrected chi connectivity index (χ3v) is 5.16. The van der Waals surface area contributed by atoms with Crippen LogP contribution in [0.1, 0.15) is 40.0 Å². The molecule has 0 aromatic rings. The Balaban J connectivity index is 2.54. The number of rotatable bonds is 4. The number of sulfone groups is 1. The molecule has 1 amide bonds. The van der Waals surface area contributed by atoms with Crippen molar-refractivity contribution in [3.05, 3.63) is 0 Å². The fourth-order valence-electron chi connectivity index (χ4n) is 2.36. The molecule has 0 N–H and O–H groups in total. The number of hydrogen-bond acceptors (Lipinski definition) is 3. The Morgan fingerprint density at radius 1 is 1.28 bits per heavy atom. The summed E-state index contributed by atoms with van der Waals surface area (Å²) in [6.45, 7) is 7.31. The standard InChI is InChI=1S/C13H25NO3S/c1-11(2)9-18(16,17)10-13(15)14-7-4-5-12(3)6-8-14/h11-12H,4-10H2,1-3H3. The fourth-order valence-corrected chi connectivity index (χ4v) is 4.05. The summed E-state index contributed by atoms with van der Waals surface area (Å²) in [5, 5.41) is 0. The lowest BCUT2D eigenvalue weighted by Crippen LogP contribution is -2.37. The minimum atomic E-state index is -3.25. The van der Waals surface area contributed by atoms with Gasteiger partial charge in [-0.2, -0.15) is 0 Å². The van der Waals surface area contributed by atoms with Crippen LogP contribution in [0.4, 0.5) is 0 Å². The molecule has 0 saturated carbocycles. The van der Waals surface area contributed by atoms with Crippen LogP contribution >= 0.6 is 0 Å². The Labute approximate surface area is 111 Å². The van der Waals surface area contributed by atoms with Gasteiger partial charge in [0.1, 0.15) is 5.75 Å². The molecule has 106 valence electrons. The monoisotopic (exact) mass is 275 g/mol. The Morgan fingerprint density at radius 3 is 2.56 bits per heavy atom. The summed E-state index contributed by atoms with van der Waals surface area (Å²) in [4.78, 5) is 13.7. The van der Waals surface area contributed by atoms with Crippen LogP contribution in [0.15, 0.2) is 0 Å². The van der Waals surface area contributed by atoms with Gasteiger partial charge in [0.05, 0.1) is 5.75 Å². The number of likely N-dealkylation sites (tertiary alicyclic amines) is 1. The first-order chi connectivity index (χ1) is 8.30. The second-order valence-electron chi connectivity index (χ2n) is 5.87. The molecule has 1 atom stereocenters. The van der Waals surface area contributed by atoms with Crippen LogP contribution < -0.4 is 0 Å². The maximum Gasteiger partial charge on any atom is 0.237 e. The summed E-state index contributed by atoms with van der Waals surface area (Å²) in [6, 6.07) is 0. The van der Waals surface area contributed by atoms with Gasteiger partial charge in [0, 0.05) is 13.1 Å². The summed E-state index contributed by atoms with van der Waals surface area (Å²) in [7, 11) is -3.25. The highest BCUT2D eigenvalue weighted by Crippen LogP contribution is 2.16. The van der Waals surface area contributed by atoms with E-state index in [2.05, 4.69) is 6.92 Å². The predicted octanol–water partition coefficient (Wildman–Crippen LogP) is 1.71. The zero-order chi connectivity index (χ0) is 13.8. The van der Waals surface area contributed by atoms with E-state index < -0.39 is 9.84 Å². The van der Waals surface area contributed by atoms with Gasteiger partial charge in [-0.15, -0.1) is 0 Å². The van der Waals surface area contributed by atoms with E-state index in [1.165, 1.54) is 0 Å². The van der Waals surface area contributed by atoms with Crippen LogP contribution in [0.3, 0.4) is 0 Å². The van der Waals surface area contributed by atoms with Crippen molar-refractivity contribution in [2.75, 3.05) is 24.6 Å². The Bertz CT molecular complexity index is 376. The van der Waals surface area contributed by atoms with Gasteiger partial charge in [-0.3, -0.25) is 4.79 Å². The molecule has 0 aromatic heterocycles. The van der Waals surface area contributed by atoms with Crippen molar-refractivity contribution in [2.24, 2.45) is 11.8 Å². The van der Waals surface area contributed by atoms with Gasteiger partial charge in [0.15, 0.2) is 9.84 Å². The Hall–Kier alpha value is -0.580. The summed E-state index contributed by atoms with van der Waals surface area (Å²) < 4.78 is 23.6. The van der Waals surface area contributed by atoms with Crippen LogP contribution in [-0.4, -0.2) is 43.8 Å². The van der Waals surface area contributed by atoms with E-state index in [9.17, 15) is 13.2 Å². The highest BCUT2D eigenvalue weighted by Gasteiger charge is 2.24. The van der Waals surface area contributed by atoms with E-state index in [-0.39, 0.29) is 23.3 Å². The highest BCUT2D eigenvalue weighted by molar-refractivity contribution is 7.92. The minimum Gasteiger partial charge on any atom is -0.342 e. The molecule has 1 aliphatic rings. The average molecular weight is 275 g/mol. The van der Waals surface area contributed by atoms with Gasteiger partial charge in [0.25, 0.3) is 0 Å². The molecule has 0 radical (unpaired) electrons. The molecule has 1 fully saturated rings. The number of hydrogen-bond donors (Lipinski definition) is 0. The lowest BCUT2D eigenvalue weighted by molar-refractivity contribution is -0.128. The molecule has 18 heavy (non-hydrogen) atoms. The lowest BCUT2D eigenvalue weighted by Gasteiger charge is -2.20. The number of carbonyl (C=O) groups excluding carboxylic acids is 1. The third-order valence-electron chi connectivity index (χ3n) is 3.30. The maximum absolute atomic E-state index is 12.0. The van der Waals surface area contributed by atoms with Crippen LogP contribution in [-0.2, 0) is 14.6 Å². The smallest absolute Gasteiger partial charge is 0.237 e. The normalized spacial score (nSPS) is 22.0. The van der Waals surface area contributed by atoms with E-state index in [4.69, 9.17) is 0 Å². The molecule has 4 nitrogen and oxygen atoms in total. The van der Waals surface area contributed by atoms with Crippen LogP contribution in [0.2, 0.25) is 0 Å².